The van der Waals surface area contributed by atoms with E-state index >= 15 is 0 Å². The average Bonchev–Trinajstić information content (AvgIpc) is 2.80. The molecule has 1 aliphatic heterocycles. The van der Waals surface area contributed by atoms with Crippen LogP contribution in [0.15, 0.2) is 58.1 Å². The van der Waals surface area contributed by atoms with E-state index in [0.717, 1.165) is 27.8 Å². The van der Waals surface area contributed by atoms with Gasteiger partial charge >= 0.3 is 11.9 Å². The molecule has 0 atom stereocenters. The molecule has 170 valence electrons. The Morgan fingerprint density at radius 1 is 1.03 bits per heavy atom. The van der Waals surface area contributed by atoms with Gasteiger partial charge in [0.2, 0.25) is 0 Å². The third-order valence-corrected chi connectivity index (χ3v) is 5.94. The molecule has 0 radical (unpaired) electrons. The van der Waals surface area contributed by atoms with Crippen LogP contribution in [0.3, 0.4) is 0 Å². The normalized spacial score (nSPS) is 14.0. The third kappa shape index (κ3) is 4.64. The molecule has 0 bridgehead atoms. The Balaban J connectivity index is 1.62. The lowest BCUT2D eigenvalue weighted by molar-refractivity contribution is -0.137. The van der Waals surface area contributed by atoms with E-state index in [1.165, 1.54) is 16.7 Å². The summed E-state index contributed by atoms with van der Waals surface area (Å²) in [5.74, 6) is 2.61. The van der Waals surface area contributed by atoms with Gasteiger partial charge in [0.15, 0.2) is 0 Å². The fourth-order valence-corrected chi connectivity index (χ4v) is 4.19. The van der Waals surface area contributed by atoms with E-state index in [1.54, 1.807) is 7.05 Å². The van der Waals surface area contributed by atoms with E-state index in [-0.39, 0.29) is 6.54 Å². The largest absolute Gasteiger partial charge is 0.416 e. The lowest BCUT2D eigenvalue weighted by Crippen LogP contribution is -2.47. The third-order valence-electron chi connectivity index (χ3n) is 5.94. The standard InChI is InChI=1S/C25H22F3N3O2/c1-3-17-5-4-6-19(13-17)14-30-12-11-22-21(16-30)23(32)31(24(33)29(22)2)15-18-7-9-20(10-8-18)25(26,27)28/h1,4-10,13H,11-12,14-16H2,2H3. The Morgan fingerprint density at radius 3 is 2.42 bits per heavy atom. The summed E-state index contributed by atoms with van der Waals surface area (Å²) in [6.07, 6.45) is 1.58. The Kier molecular flexibility index (Phi) is 6.00. The van der Waals surface area contributed by atoms with Crippen LogP contribution in [-0.2, 0) is 39.3 Å². The van der Waals surface area contributed by atoms with E-state index in [4.69, 9.17) is 6.42 Å². The SMILES string of the molecule is C#Cc1cccc(CN2CCc3c(c(=O)n(Cc4ccc(C(F)(F)F)cc4)c(=O)n3C)C2)c1. The van der Waals surface area contributed by atoms with Crippen LogP contribution in [0.2, 0.25) is 0 Å². The summed E-state index contributed by atoms with van der Waals surface area (Å²) in [5, 5.41) is 0. The summed E-state index contributed by atoms with van der Waals surface area (Å²) in [7, 11) is 1.62. The van der Waals surface area contributed by atoms with Crippen LogP contribution in [-0.4, -0.2) is 20.6 Å². The predicted molar refractivity (Wildman–Crippen MR) is 119 cm³/mol. The van der Waals surface area contributed by atoms with Gasteiger partial charge < -0.3 is 4.57 Å². The Hall–Kier alpha value is -3.57. The number of alkyl halides is 3. The molecule has 0 unspecified atom stereocenters. The second kappa shape index (κ2) is 8.75. The summed E-state index contributed by atoms with van der Waals surface area (Å²) in [5.41, 5.74) is 1.83. The molecule has 4 rings (SSSR count). The van der Waals surface area contributed by atoms with Crippen molar-refractivity contribution in [1.82, 2.24) is 14.0 Å². The Bertz CT molecular complexity index is 1350. The molecule has 8 heteroatoms. The van der Waals surface area contributed by atoms with E-state index in [9.17, 15) is 22.8 Å². The van der Waals surface area contributed by atoms with Gasteiger partial charge in [-0.3, -0.25) is 14.3 Å². The van der Waals surface area contributed by atoms with Crippen LogP contribution in [0.4, 0.5) is 13.2 Å². The van der Waals surface area contributed by atoms with Gasteiger partial charge in [-0.05, 0) is 35.4 Å². The number of rotatable bonds is 4. The molecule has 2 heterocycles. The summed E-state index contributed by atoms with van der Waals surface area (Å²) >= 11 is 0. The van der Waals surface area contributed by atoms with Crippen LogP contribution >= 0.6 is 0 Å². The van der Waals surface area contributed by atoms with Crippen molar-refractivity contribution in [2.24, 2.45) is 7.05 Å². The maximum atomic E-state index is 13.2. The number of hydrogen-bond acceptors (Lipinski definition) is 3. The van der Waals surface area contributed by atoms with Crippen LogP contribution in [0.5, 0.6) is 0 Å². The molecular weight excluding hydrogens is 431 g/mol. The number of fused-ring (bicyclic) bond motifs is 1. The molecule has 0 spiro atoms. The lowest BCUT2D eigenvalue weighted by atomic mass is 10.0. The number of halogens is 3. The minimum atomic E-state index is -4.44. The maximum absolute atomic E-state index is 13.2. The zero-order valence-electron chi connectivity index (χ0n) is 18.0. The molecule has 0 saturated carbocycles. The number of hydrogen-bond donors (Lipinski definition) is 0. The summed E-state index contributed by atoms with van der Waals surface area (Å²) in [4.78, 5) is 28.2. The molecule has 1 aromatic heterocycles. The first-order valence-corrected chi connectivity index (χ1v) is 10.4. The van der Waals surface area contributed by atoms with Gasteiger partial charge in [-0.15, -0.1) is 6.42 Å². The van der Waals surface area contributed by atoms with Gasteiger partial charge in [-0.1, -0.05) is 30.2 Å². The van der Waals surface area contributed by atoms with Crippen LogP contribution in [0.1, 0.15) is 33.5 Å². The summed E-state index contributed by atoms with van der Waals surface area (Å²) in [6.45, 7) is 1.57. The minimum absolute atomic E-state index is 0.0961. The molecule has 5 nitrogen and oxygen atoms in total. The number of terminal acetylenes is 1. The maximum Gasteiger partial charge on any atom is 0.416 e. The van der Waals surface area contributed by atoms with Crippen molar-refractivity contribution in [2.45, 2.75) is 32.2 Å². The molecule has 0 amide bonds. The minimum Gasteiger partial charge on any atom is -0.300 e. The number of nitrogens with zero attached hydrogens (tertiary/aromatic N) is 3. The molecule has 0 saturated heterocycles. The van der Waals surface area contributed by atoms with Crippen LogP contribution < -0.4 is 11.2 Å². The first-order chi connectivity index (χ1) is 15.7. The first kappa shape index (κ1) is 22.6. The molecule has 1 aliphatic rings. The van der Waals surface area contributed by atoms with E-state index in [0.29, 0.717) is 42.9 Å². The van der Waals surface area contributed by atoms with Gasteiger partial charge in [0.25, 0.3) is 5.56 Å². The van der Waals surface area contributed by atoms with Gasteiger partial charge in [0.05, 0.1) is 17.7 Å². The molecule has 2 aromatic carbocycles. The van der Waals surface area contributed by atoms with Crippen molar-refractivity contribution in [1.29, 1.82) is 0 Å². The molecular formula is C25H22F3N3O2. The molecule has 3 aromatic rings. The van der Waals surface area contributed by atoms with Crippen LogP contribution in [0.25, 0.3) is 0 Å². The highest BCUT2D eigenvalue weighted by molar-refractivity contribution is 5.35. The highest BCUT2D eigenvalue weighted by Gasteiger charge is 2.30. The van der Waals surface area contributed by atoms with Gasteiger partial charge in [-0.25, -0.2) is 4.79 Å². The van der Waals surface area contributed by atoms with Crippen molar-refractivity contribution < 1.29 is 13.2 Å². The zero-order chi connectivity index (χ0) is 23.8. The lowest BCUT2D eigenvalue weighted by Gasteiger charge is -2.30. The van der Waals surface area contributed by atoms with Crippen molar-refractivity contribution in [2.75, 3.05) is 6.54 Å². The average molecular weight is 453 g/mol. The number of benzene rings is 2. The van der Waals surface area contributed by atoms with Gasteiger partial charge in [0.1, 0.15) is 0 Å². The second-order valence-electron chi connectivity index (χ2n) is 8.16. The first-order valence-electron chi connectivity index (χ1n) is 10.4. The second-order valence-corrected chi connectivity index (χ2v) is 8.16. The van der Waals surface area contributed by atoms with E-state index in [2.05, 4.69) is 10.8 Å². The van der Waals surface area contributed by atoms with Gasteiger partial charge in [0, 0.05) is 44.4 Å². The highest BCUT2D eigenvalue weighted by Crippen LogP contribution is 2.29. The Morgan fingerprint density at radius 2 is 1.76 bits per heavy atom. The fourth-order valence-electron chi connectivity index (χ4n) is 4.19. The fraction of sp³-hybridized carbons (Fsp3) is 0.280. The molecule has 0 aliphatic carbocycles. The van der Waals surface area contributed by atoms with Crippen LogP contribution in [0, 0.1) is 12.3 Å². The van der Waals surface area contributed by atoms with Crippen molar-refractivity contribution in [3.05, 3.63) is 103 Å². The number of aromatic nitrogens is 2. The van der Waals surface area contributed by atoms with Crippen molar-refractivity contribution in [3.8, 4) is 12.3 Å². The monoisotopic (exact) mass is 453 g/mol. The topological polar surface area (TPSA) is 47.2 Å². The summed E-state index contributed by atoms with van der Waals surface area (Å²) in [6, 6.07) is 12.1. The highest BCUT2D eigenvalue weighted by atomic mass is 19.4. The van der Waals surface area contributed by atoms with E-state index < -0.39 is 23.0 Å². The van der Waals surface area contributed by atoms with Crippen molar-refractivity contribution in [3.63, 3.8) is 0 Å². The predicted octanol–water partition coefficient (Wildman–Crippen LogP) is 3.15. The zero-order valence-corrected chi connectivity index (χ0v) is 18.0. The summed E-state index contributed by atoms with van der Waals surface area (Å²) < 4.78 is 41.0. The Labute approximate surface area is 188 Å². The van der Waals surface area contributed by atoms with E-state index in [1.807, 2.05) is 24.3 Å². The van der Waals surface area contributed by atoms with Crippen molar-refractivity contribution >= 4 is 0 Å². The smallest absolute Gasteiger partial charge is 0.300 e. The molecule has 0 N–H and O–H groups in total. The van der Waals surface area contributed by atoms with Gasteiger partial charge in [-0.2, -0.15) is 13.2 Å². The molecule has 33 heavy (non-hydrogen) atoms. The quantitative estimate of drug-likeness (QED) is 0.571. The molecule has 0 fully saturated rings.